The highest BCUT2D eigenvalue weighted by molar-refractivity contribution is 6.01. The number of aromatic nitrogens is 2. The van der Waals surface area contributed by atoms with Gasteiger partial charge in [-0.25, -0.2) is 4.98 Å². The van der Waals surface area contributed by atoms with E-state index < -0.39 is 223 Å². The smallest absolute Gasteiger partial charge is 0.303 e. The number of aromatic hydroxyl groups is 1. The molecular weight excluding hydrogens is 1530 g/mol. The van der Waals surface area contributed by atoms with Crippen molar-refractivity contribution in [2.75, 3.05) is 32.8 Å². The normalized spacial score (nSPS) is 15.4. The number of carboxylic acids is 1. The van der Waals surface area contributed by atoms with Crippen LogP contribution in [-0.4, -0.2) is 248 Å². The topological polar surface area (TPSA) is 679 Å². The van der Waals surface area contributed by atoms with E-state index in [0.717, 1.165) is 0 Å². The van der Waals surface area contributed by atoms with Gasteiger partial charge in [0.15, 0.2) is 5.96 Å². The van der Waals surface area contributed by atoms with Crippen LogP contribution in [0.3, 0.4) is 0 Å². The number of guanidine groups is 1. The lowest BCUT2D eigenvalue weighted by Crippen LogP contribution is -2.61. The van der Waals surface area contributed by atoms with Gasteiger partial charge in [0.2, 0.25) is 94.5 Å². The zero-order valence-corrected chi connectivity index (χ0v) is 66.6. The van der Waals surface area contributed by atoms with Crippen LogP contribution in [0.15, 0.2) is 67.1 Å². The van der Waals surface area contributed by atoms with E-state index in [1.54, 1.807) is 58.0 Å². The van der Waals surface area contributed by atoms with Crippen molar-refractivity contribution in [3.63, 3.8) is 0 Å². The zero-order valence-electron chi connectivity index (χ0n) is 66.6. The van der Waals surface area contributed by atoms with Crippen LogP contribution < -0.4 is 97.4 Å². The minimum absolute atomic E-state index is 0.000935. The summed E-state index contributed by atoms with van der Waals surface area (Å²) in [6, 6.07) is -4.89. The molecule has 1 aliphatic heterocycles. The Balaban J connectivity index is 1.49. The number of unbranched alkanes of at least 4 members (excludes halogenated alkanes) is 1. The molecule has 117 heavy (non-hydrogen) atoms. The van der Waals surface area contributed by atoms with E-state index >= 15 is 0 Å². The van der Waals surface area contributed by atoms with Crippen LogP contribution in [-0.2, 0) is 101 Å². The molecular formula is C75H114N22O20. The number of rotatable bonds is 51. The zero-order chi connectivity index (χ0) is 87.2. The van der Waals surface area contributed by atoms with Crippen LogP contribution in [0, 0.1) is 17.2 Å². The van der Waals surface area contributed by atoms with Crippen LogP contribution >= 0.6 is 0 Å². The van der Waals surface area contributed by atoms with E-state index in [1.165, 1.54) is 62.5 Å². The lowest BCUT2D eigenvalue weighted by atomic mass is 9.99. The number of phenols is 1. The first-order chi connectivity index (χ1) is 55.3. The maximum atomic E-state index is 14.5. The van der Waals surface area contributed by atoms with E-state index in [9.17, 15) is 96.8 Å². The number of hydrogen-bond donors (Lipinski definition) is 23. The third kappa shape index (κ3) is 34.3. The number of nitrogens with one attached hydrogen (secondary N) is 16. The highest BCUT2D eigenvalue weighted by Gasteiger charge is 2.41. The molecule has 42 nitrogen and oxygen atoms in total. The highest BCUT2D eigenvalue weighted by Crippen LogP contribution is 2.21. The molecule has 0 bridgehead atoms. The molecule has 0 radical (unpaired) electrons. The van der Waals surface area contributed by atoms with Gasteiger partial charge in [-0.3, -0.25) is 86.9 Å². The maximum absolute atomic E-state index is 14.5. The molecule has 1 aliphatic rings. The number of carbonyl (C=O) groups is 17. The minimum atomic E-state index is -1.86. The van der Waals surface area contributed by atoms with Crippen LogP contribution in [0.5, 0.6) is 5.75 Å². The Hall–Kier alpha value is -12.4. The Morgan fingerprint density at radius 2 is 1.09 bits per heavy atom. The molecule has 1 saturated heterocycles. The number of amides is 16. The van der Waals surface area contributed by atoms with Crippen LogP contribution in [0.2, 0.25) is 0 Å². The van der Waals surface area contributed by atoms with Crippen molar-refractivity contribution in [3.8, 4) is 5.75 Å². The van der Waals surface area contributed by atoms with Gasteiger partial charge >= 0.3 is 5.97 Å². The summed E-state index contributed by atoms with van der Waals surface area (Å²) in [4.78, 5) is 240. The number of hydrogen-bond acceptors (Lipinski definition) is 22. The first-order valence-electron chi connectivity index (χ1n) is 38.5. The molecule has 1 fully saturated rings. The SMILES string of the molecule is CCC(NC(=O)[C@H](CO)NC(=O)CNC(=O)[C@H](Cc1c[nH]cn1)NC(=O)[C@H](CCCNC(=N)N)NC(=O)[C@H](C)NC(=O)[C@H](CCCCN)NC(=O)[C@H](CCC(=O)O)NC(=O)[C@H](CC(C)C)NC(C)=O)C(=O)N[C@@H](CC(N)=O)C(=O)N[C@@H](Cc1ccc(O)cc1)C(=O)N[C@H](C(=O)N[C@@H](Cc1ccccc1)C(=O)N1CCC[C@H]1C(N)=O)C(C)C. The van der Waals surface area contributed by atoms with Crippen molar-refractivity contribution in [1.82, 2.24) is 89.3 Å². The number of aliphatic carboxylic acids is 1. The number of benzene rings is 2. The number of nitrogens with two attached hydrogens (primary N) is 4. The van der Waals surface area contributed by atoms with Gasteiger partial charge in [-0.05, 0) is 113 Å². The van der Waals surface area contributed by atoms with Gasteiger partial charge in [-0.1, -0.05) is 77.1 Å². The number of primary amides is 2. The number of aliphatic hydroxyl groups is 1. The van der Waals surface area contributed by atoms with Crippen molar-refractivity contribution in [2.24, 2.45) is 34.8 Å². The van der Waals surface area contributed by atoms with Crippen molar-refractivity contribution in [3.05, 3.63) is 83.9 Å². The van der Waals surface area contributed by atoms with Crippen molar-refractivity contribution < 1.29 is 96.8 Å². The third-order valence-electron chi connectivity index (χ3n) is 18.6. The van der Waals surface area contributed by atoms with Gasteiger partial charge in [-0.2, -0.15) is 0 Å². The van der Waals surface area contributed by atoms with Gasteiger partial charge in [0.05, 0.1) is 31.6 Å². The Bertz CT molecular complexity index is 3910. The second-order valence-corrected chi connectivity index (χ2v) is 29.0. The van der Waals surface area contributed by atoms with E-state index in [2.05, 4.69) is 84.4 Å². The molecule has 3 aromatic rings. The Labute approximate surface area is 675 Å². The summed E-state index contributed by atoms with van der Waals surface area (Å²) in [5.41, 5.74) is 23.6. The first-order valence-corrected chi connectivity index (χ1v) is 38.5. The largest absolute Gasteiger partial charge is 0.508 e. The Kier molecular flexibility index (Phi) is 41.0. The Morgan fingerprint density at radius 3 is 1.64 bits per heavy atom. The quantitative estimate of drug-likeness (QED) is 0.0142. The van der Waals surface area contributed by atoms with Crippen LogP contribution in [0.1, 0.15) is 142 Å². The third-order valence-corrected chi connectivity index (χ3v) is 18.6. The molecule has 13 atom stereocenters. The summed E-state index contributed by atoms with van der Waals surface area (Å²) in [7, 11) is 0. The molecule has 0 aliphatic carbocycles. The molecule has 1 unspecified atom stereocenters. The average molecular weight is 1640 g/mol. The molecule has 644 valence electrons. The summed E-state index contributed by atoms with van der Waals surface area (Å²) in [5, 5.41) is 72.4. The van der Waals surface area contributed by atoms with E-state index in [0.29, 0.717) is 30.4 Å². The summed E-state index contributed by atoms with van der Waals surface area (Å²) >= 11 is 0. The summed E-state index contributed by atoms with van der Waals surface area (Å²) < 4.78 is 0. The van der Waals surface area contributed by atoms with Crippen molar-refractivity contribution >= 4 is 106 Å². The summed E-state index contributed by atoms with van der Waals surface area (Å²) in [5.74, 6) is -17.7. The molecule has 1 aromatic heterocycles. The van der Waals surface area contributed by atoms with E-state index in [-0.39, 0.29) is 94.8 Å². The number of carbonyl (C=O) groups excluding carboxylic acids is 16. The molecule has 16 amide bonds. The molecule has 2 aromatic carbocycles. The molecule has 0 saturated carbocycles. The maximum Gasteiger partial charge on any atom is 0.303 e. The molecule has 2 heterocycles. The second-order valence-electron chi connectivity index (χ2n) is 29.0. The summed E-state index contributed by atoms with van der Waals surface area (Å²) in [6.45, 7) is 8.98. The Morgan fingerprint density at radius 1 is 0.564 bits per heavy atom. The van der Waals surface area contributed by atoms with Gasteiger partial charge in [0.25, 0.3) is 0 Å². The minimum Gasteiger partial charge on any atom is -0.508 e. The number of carboxylic acid groups (broad SMARTS) is 1. The van der Waals surface area contributed by atoms with E-state index in [4.69, 9.17) is 28.3 Å². The fraction of sp³-hybridized carbons (Fsp3) is 0.560. The molecule has 27 N–H and O–H groups in total. The molecule has 4 rings (SSSR count). The number of phenolic OH excluding ortho intramolecular Hbond substituents is 1. The molecule has 42 heteroatoms. The van der Waals surface area contributed by atoms with Crippen LogP contribution in [0.4, 0.5) is 0 Å². The van der Waals surface area contributed by atoms with Crippen molar-refractivity contribution in [1.29, 1.82) is 5.41 Å². The number of nitrogens with zero attached hydrogens (tertiary/aromatic N) is 2. The lowest BCUT2D eigenvalue weighted by Gasteiger charge is -2.31. The van der Waals surface area contributed by atoms with E-state index in [1.807, 2.05) is 0 Å². The monoisotopic (exact) mass is 1640 g/mol. The first kappa shape index (κ1) is 97.0. The van der Waals surface area contributed by atoms with Gasteiger partial charge in [0.1, 0.15) is 84.3 Å². The number of likely N-dealkylation sites (tertiary alicyclic amines) is 1. The number of aliphatic hydroxyl groups excluding tert-OH is 1. The number of aromatic amines is 1. The standard InChI is InChI=1S/C75H114N22O20/c1-8-47(65(108)94-54(34-58(77)101)70(113)92-52(31-44-21-23-46(100)24-22-44)71(114)96-61(40(4)5)73(116)95-55(32-43-16-10-9-11-17-43)74(117)97-29-15-20-57(97)62(78)105)88-72(115)56(37-98)87-59(102)36-83-64(107)53(33-45-35-81-38-84-45)93-67(110)49(19-14-28-82-75(79)80)89-63(106)41(6)85-66(109)48(18-12-13-27-76)90-68(111)50(25-26-60(103)104)91-69(112)51(30-39(2)3)86-42(7)99/h9-11,16-17,21-24,35,38-41,47-57,61,98,100H,8,12-15,18-20,25-34,36-37,76H2,1-7H3,(H2,77,101)(H2,78,105)(H,81,84)(H,83,107)(H,85,109)(H,86,99)(H,87,102)(H,88,115)(H,89,106)(H,90,111)(H,91,112)(H,92,113)(H,93,110)(H,94,108)(H,95,116)(H,96,114)(H,103,104)(H4,79,80,82)/t41-,47?,48-,49-,50-,51-,52-,53-,54-,55-,56-,57-,61-/m0/s1. The van der Waals surface area contributed by atoms with Gasteiger partial charge < -0.3 is 123 Å². The predicted octanol–water partition coefficient (Wildman–Crippen LogP) is -6.17. The fourth-order valence-electron chi connectivity index (χ4n) is 12.4. The predicted molar refractivity (Wildman–Crippen MR) is 420 cm³/mol. The van der Waals surface area contributed by atoms with Gasteiger partial charge in [0, 0.05) is 51.9 Å². The molecule has 0 spiro atoms. The fourth-order valence-corrected chi connectivity index (χ4v) is 12.4. The highest BCUT2D eigenvalue weighted by atomic mass is 16.4. The summed E-state index contributed by atoms with van der Waals surface area (Å²) in [6.07, 6.45) is 1.19. The van der Waals surface area contributed by atoms with Gasteiger partial charge in [-0.15, -0.1) is 0 Å². The van der Waals surface area contributed by atoms with Crippen molar-refractivity contribution in [2.45, 2.75) is 223 Å². The second kappa shape index (κ2) is 49.4. The number of H-pyrrole nitrogens is 1. The average Bonchev–Trinajstić information content (AvgIpc) is 1.76. The lowest BCUT2D eigenvalue weighted by molar-refractivity contribution is -0.141. The number of imidazole rings is 1. The van der Waals surface area contributed by atoms with Crippen LogP contribution in [0.25, 0.3) is 0 Å².